The van der Waals surface area contributed by atoms with Gasteiger partial charge in [0.2, 0.25) is 10.0 Å². The molecule has 1 aromatic rings. The molecule has 3 rings (SSSR count). The molecule has 2 saturated heterocycles. The summed E-state index contributed by atoms with van der Waals surface area (Å²) in [5.41, 5.74) is 0. The number of hydrogen-bond acceptors (Lipinski definition) is 7. The molecular formula is C16H24F3N5O3S. The number of sulfonamides is 1. The lowest BCUT2D eigenvalue weighted by atomic mass is 10.3. The molecule has 1 aromatic heterocycles. The van der Waals surface area contributed by atoms with Gasteiger partial charge in [-0.15, -0.1) is 0 Å². The SMILES string of the molecule is Cc1nc(N2CCOCC2)cc(N2CCN(S(=O)(=O)CCC(F)(F)F)CC2)n1. The second kappa shape index (κ2) is 8.37. The number of nitrogens with zero attached hydrogens (tertiary/aromatic N) is 5. The molecule has 12 heteroatoms. The molecule has 8 nitrogen and oxygen atoms in total. The predicted octanol–water partition coefficient (Wildman–Crippen LogP) is 1.03. The summed E-state index contributed by atoms with van der Waals surface area (Å²) < 4.78 is 67.8. The maximum absolute atomic E-state index is 12.3. The summed E-state index contributed by atoms with van der Waals surface area (Å²) in [6.45, 7) is 5.54. The first-order valence-corrected chi connectivity index (χ1v) is 10.7. The van der Waals surface area contributed by atoms with Crippen molar-refractivity contribution in [3.63, 3.8) is 0 Å². The Morgan fingerprint density at radius 2 is 1.54 bits per heavy atom. The van der Waals surface area contributed by atoms with E-state index in [1.807, 2.05) is 11.0 Å². The standard InChI is InChI=1S/C16H24F3N5O3S/c1-13-20-14(12-15(21-13)23-7-9-27-10-8-23)22-3-5-24(6-4-22)28(25,26)11-2-16(17,18)19/h12H,2-11H2,1H3. The molecule has 2 aliphatic rings. The Bertz CT molecular complexity index is 776. The van der Waals surface area contributed by atoms with E-state index < -0.39 is 28.4 Å². The lowest BCUT2D eigenvalue weighted by molar-refractivity contribution is -0.130. The molecular weight excluding hydrogens is 399 g/mol. The van der Waals surface area contributed by atoms with E-state index in [0.717, 1.165) is 23.2 Å². The van der Waals surface area contributed by atoms with Crippen LogP contribution in [0.3, 0.4) is 0 Å². The summed E-state index contributed by atoms with van der Waals surface area (Å²) in [5.74, 6) is 1.19. The highest BCUT2D eigenvalue weighted by Gasteiger charge is 2.34. The quantitative estimate of drug-likeness (QED) is 0.700. The summed E-state index contributed by atoms with van der Waals surface area (Å²) in [6.07, 6.45) is -5.81. The minimum atomic E-state index is -4.48. The minimum Gasteiger partial charge on any atom is -0.378 e. The highest BCUT2D eigenvalue weighted by atomic mass is 32.2. The van der Waals surface area contributed by atoms with Crippen LogP contribution in [0.2, 0.25) is 0 Å². The van der Waals surface area contributed by atoms with Crippen molar-refractivity contribution < 1.29 is 26.3 Å². The fraction of sp³-hybridized carbons (Fsp3) is 0.750. The number of hydrogen-bond donors (Lipinski definition) is 0. The Labute approximate surface area is 162 Å². The van der Waals surface area contributed by atoms with Gasteiger partial charge in [0, 0.05) is 45.3 Å². The van der Waals surface area contributed by atoms with Crippen molar-refractivity contribution >= 4 is 21.7 Å². The topological polar surface area (TPSA) is 78.9 Å². The number of aromatic nitrogens is 2. The van der Waals surface area contributed by atoms with Gasteiger partial charge in [-0.1, -0.05) is 0 Å². The predicted molar refractivity (Wildman–Crippen MR) is 98.0 cm³/mol. The molecule has 2 aliphatic heterocycles. The van der Waals surface area contributed by atoms with E-state index in [0.29, 0.717) is 37.9 Å². The number of alkyl halides is 3. The van der Waals surface area contributed by atoms with E-state index in [2.05, 4.69) is 14.9 Å². The Morgan fingerprint density at radius 1 is 1.00 bits per heavy atom. The number of morpholine rings is 1. The maximum atomic E-state index is 12.3. The fourth-order valence-electron chi connectivity index (χ4n) is 3.22. The summed E-state index contributed by atoms with van der Waals surface area (Å²) in [7, 11) is -3.92. The summed E-state index contributed by atoms with van der Waals surface area (Å²) in [4.78, 5) is 13.0. The first-order chi connectivity index (χ1) is 13.1. The molecule has 0 bridgehead atoms. The second-order valence-electron chi connectivity index (χ2n) is 6.80. The first-order valence-electron chi connectivity index (χ1n) is 9.12. The smallest absolute Gasteiger partial charge is 0.378 e. The van der Waals surface area contributed by atoms with Crippen LogP contribution in [0, 0.1) is 6.92 Å². The van der Waals surface area contributed by atoms with Crippen molar-refractivity contribution in [1.29, 1.82) is 0 Å². The van der Waals surface area contributed by atoms with Gasteiger partial charge in [0.05, 0.1) is 25.4 Å². The monoisotopic (exact) mass is 423 g/mol. The third kappa shape index (κ3) is 5.45. The lowest BCUT2D eigenvalue weighted by Crippen LogP contribution is -2.50. The van der Waals surface area contributed by atoms with Crippen molar-refractivity contribution in [3.8, 4) is 0 Å². The molecule has 28 heavy (non-hydrogen) atoms. The van der Waals surface area contributed by atoms with Crippen LogP contribution in [0.15, 0.2) is 6.07 Å². The molecule has 158 valence electrons. The highest BCUT2D eigenvalue weighted by molar-refractivity contribution is 7.89. The molecule has 0 atom stereocenters. The Kier molecular flexibility index (Phi) is 6.30. The molecule has 0 aliphatic carbocycles. The van der Waals surface area contributed by atoms with E-state index >= 15 is 0 Å². The first kappa shape index (κ1) is 21.1. The van der Waals surface area contributed by atoms with Gasteiger partial charge in [-0.3, -0.25) is 0 Å². The number of halogens is 3. The number of piperazine rings is 1. The highest BCUT2D eigenvalue weighted by Crippen LogP contribution is 2.24. The van der Waals surface area contributed by atoms with Gasteiger partial charge in [-0.25, -0.2) is 18.4 Å². The molecule has 0 spiro atoms. The number of rotatable bonds is 5. The van der Waals surface area contributed by atoms with Gasteiger partial charge in [-0.05, 0) is 6.92 Å². The molecule has 0 unspecified atom stereocenters. The van der Waals surface area contributed by atoms with Crippen molar-refractivity contribution in [2.45, 2.75) is 19.5 Å². The van der Waals surface area contributed by atoms with E-state index in [9.17, 15) is 21.6 Å². The summed E-state index contributed by atoms with van der Waals surface area (Å²) in [5, 5.41) is 0. The fourth-order valence-corrected chi connectivity index (χ4v) is 4.69. The van der Waals surface area contributed by atoms with Crippen LogP contribution in [0.1, 0.15) is 12.2 Å². The van der Waals surface area contributed by atoms with Crippen LogP contribution in [0.25, 0.3) is 0 Å². The number of anilines is 2. The van der Waals surface area contributed by atoms with Crippen molar-refractivity contribution in [2.24, 2.45) is 0 Å². The van der Waals surface area contributed by atoms with Crippen molar-refractivity contribution in [1.82, 2.24) is 14.3 Å². The van der Waals surface area contributed by atoms with E-state index in [1.54, 1.807) is 6.92 Å². The largest absolute Gasteiger partial charge is 0.390 e. The van der Waals surface area contributed by atoms with Crippen LogP contribution in [0.4, 0.5) is 24.8 Å². The third-order valence-electron chi connectivity index (χ3n) is 4.75. The third-order valence-corrected chi connectivity index (χ3v) is 6.62. The number of aryl methyl sites for hydroxylation is 1. The van der Waals surface area contributed by atoms with Crippen LogP contribution >= 0.6 is 0 Å². The Balaban J connectivity index is 1.64. The lowest BCUT2D eigenvalue weighted by Gasteiger charge is -2.35. The zero-order valence-electron chi connectivity index (χ0n) is 15.7. The van der Waals surface area contributed by atoms with Crippen LogP contribution in [-0.4, -0.2) is 87.1 Å². The Morgan fingerprint density at radius 3 is 2.07 bits per heavy atom. The van der Waals surface area contributed by atoms with E-state index in [1.165, 1.54) is 0 Å². The molecule has 0 saturated carbocycles. The van der Waals surface area contributed by atoms with Crippen LogP contribution < -0.4 is 9.80 Å². The zero-order valence-corrected chi connectivity index (χ0v) is 16.5. The molecule has 0 aromatic carbocycles. The summed E-state index contributed by atoms with van der Waals surface area (Å²) >= 11 is 0. The van der Waals surface area contributed by atoms with Crippen LogP contribution in [0.5, 0.6) is 0 Å². The van der Waals surface area contributed by atoms with Gasteiger partial charge < -0.3 is 14.5 Å². The van der Waals surface area contributed by atoms with E-state index in [-0.39, 0.29) is 13.1 Å². The summed E-state index contributed by atoms with van der Waals surface area (Å²) in [6, 6.07) is 1.87. The average Bonchev–Trinajstić information content (AvgIpc) is 2.66. The van der Waals surface area contributed by atoms with Crippen LogP contribution in [-0.2, 0) is 14.8 Å². The van der Waals surface area contributed by atoms with Gasteiger partial charge in [0.15, 0.2) is 0 Å². The molecule has 2 fully saturated rings. The van der Waals surface area contributed by atoms with Gasteiger partial charge >= 0.3 is 6.18 Å². The molecule has 0 N–H and O–H groups in total. The molecule has 0 amide bonds. The second-order valence-corrected chi connectivity index (χ2v) is 8.89. The number of ether oxygens (including phenoxy) is 1. The zero-order chi connectivity index (χ0) is 20.4. The maximum Gasteiger partial charge on any atom is 0.390 e. The molecule has 3 heterocycles. The van der Waals surface area contributed by atoms with Crippen molar-refractivity contribution in [3.05, 3.63) is 11.9 Å². The average molecular weight is 423 g/mol. The van der Waals surface area contributed by atoms with E-state index in [4.69, 9.17) is 4.74 Å². The minimum absolute atomic E-state index is 0.135. The van der Waals surface area contributed by atoms with Gasteiger partial charge in [0.25, 0.3) is 0 Å². The Hall–Kier alpha value is -1.66. The van der Waals surface area contributed by atoms with Gasteiger partial charge in [0.1, 0.15) is 17.5 Å². The molecule has 0 radical (unpaired) electrons. The van der Waals surface area contributed by atoms with Crippen molar-refractivity contribution in [2.75, 3.05) is 68.0 Å². The normalized spacial score (nSPS) is 19.9. The van der Waals surface area contributed by atoms with Gasteiger partial charge in [-0.2, -0.15) is 17.5 Å².